The molecule has 4 N–H and O–H groups in total. The van der Waals surface area contributed by atoms with Crippen molar-refractivity contribution in [3.8, 4) is 22.7 Å². The van der Waals surface area contributed by atoms with Gasteiger partial charge in [-0.15, -0.1) is 0 Å². The lowest BCUT2D eigenvalue weighted by molar-refractivity contribution is -0.192. The van der Waals surface area contributed by atoms with E-state index in [1.807, 2.05) is 54.6 Å². The summed E-state index contributed by atoms with van der Waals surface area (Å²) >= 11 is 0. The van der Waals surface area contributed by atoms with Gasteiger partial charge >= 0.3 is 12.1 Å². The number of aromatic nitrogens is 2. The first-order chi connectivity index (χ1) is 21.5. The average molecular weight is 625 g/mol. The molecule has 0 bridgehead atoms. The van der Waals surface area contributed by atoms with Crippen LogP contribution in [-0.4, -0.2) is 77.4 Å². The number of aliphatic imine (C=N–C) groups is 2. The number of carbonyl (C=O) groups is 1. The number of alkyl halides is 5. The predicted molar refractivity (Wildman–Crippen MR) is 159 cm³/mol. The topological polar surface area (TPSA) is 128 Å². The zero-order valence-electron chi connectivity index (χ0n) is 23.3. The van der Waals surface area contributed by atoms with Crippen molar-refractivity contribution in [2.24, 2.45) is 9.98 Å². The fourth-order valence-electron chi connectivity index (χ4n) is 4.89. The Morgan fingerprint density at radius 1 is 0.822 bits per heavy atom. The third-order valence-corrected chi connectivity index (χ3v) is 7.13. The summed E-state index contributed by atoms with van der Waals surface area (Å²) in [7, 11) is 0. The second-order valence-electron chi connectivity index (χ2n) is 10.4. The molecule has 2 unspecified atom stereocenters. The van der Waals surface area contributed by atoms with Crippen molar-refractivity contribution in [2.45, 2.75) is 18.5 Å². The van der Waals surface area contributed by atoms with E-state index >= 15 is 0 Å². The highest BCUT2D eigenvalue weighted by Crippen LogP contribution is 2.31. The number of nitrogens with zero attached hydrogens (tertiary/aromatic N) is 3. The Labute approximate surface area is 251 Å². The lowest BCUT2D eigenvalue weighted by atomic mass is 10.1. The molecule has 2 atom stereocenters. The van der Waals surface area contributed by atoms with Crippen LogP contribution in [0.5, 0.6) is 0 Å². The molecule has 3 aromatic heterocycles. The number of hydrogen-bond acceptors (Lipinski definition) is 7. The third-order valence-electron chi connectivity index (χ3n) is 7.13. The molecule has 232 valence electrons. The van der Waals surface area contributed by atoms with Gasteiger partial charge in [0.2, 0.25) is 0 Å². The average Bonchev–Trinajstić information content (AvgIpc) is 3.66. The second kappa shape index (κ2) is 12.0. The van der Waals surface area contributed by atoms with Crippen LogP contribution in [0.1, 0.15) is 11.1 Å². The number of aromatic amines is 1. The molecule has 2 aromatic carbocycles. The molecule has 0 spiro atoms. The van der Waals surface area contributed by atoms with Gasteiger partial charge in [-0.2, -0.15) is 13.2 Å². The van der Waals surface area contributed by atoms with Crippen molar-refractivity contribution in [3.63, 3.8) is 0 Å². The molecule has 9 nitrogen and oxygen atoms in total. The van der Waals surface area contributed by atoms with E-state index in [0.717, 1.165) is 55.7 Å². The van der Waals surface area contributed by atoms with E-state index in [4.69, 9.17) is 14.3 Å². The van der Waals surface area contributed by atoms with E-state index in [1.54, 1.807) is 6.20 Å². The van der Waals surface area contributed by atoms with Gasteiger partial charge in [-0.3, -0.25) is 15.0 Å². The lowest BCUT2D eigenvalue weighted by Gasteiger charge is -2.17. The van der Waals surface area contributed by atoms with Crippen LogP contribution in [0.2, 0.25) is 0 Å². The summed E-state index contributed by atoms with van der Waals surface area (Å²) in [6, 6.07) is 19.9. The van der Waals surface area contributed by atoms with Gasteiger partial charge in [0.05, 0.1) is 24.5 Å². The number of carboxylic acid groups (broad SMARTS) is 1. The predicted octanol–water partition coefficient (Wildman–Crippen LogP) is 5.65. The van der Waals surface area contributed by atoms with E-state index in [9.17, 15) is 22.0 Å². The zero-order chi connectivity index (χ0) is 31.7. The minimum absolute atomic E-state index is 0.170. The minimum atomic E-state index is -5.08. The van der Waals surface area contributed by atoms with Gasteiger partial charge in [0.25, 0.3) is 0 Å². The van der Waals surface area contributed by atoms with Crippen molar-refractivity contribution < 1.29 is 36.3 Å². The number of hydrogen-bond donors (Lipinski definition) is 4. The maximum absolute atomic E-state index is 13.4. The molecule has 7 rings (SSSR count). The number of pyridine rings is 1. The third kappa shape index (κ3) is 6.64. The molecule has 0 saturated carbocycles. The van der Waals surface area contributed by atoms with Crippen LogP contribution in [0.15, 0.2) is 81.3 Å². The monoisotopic (exact) mass is 624 g/mol. The highest BCUT2D eigenvalue weighted by molar-refractivity contribution is 6.03. The Morgan fingerprint density at radius 3 is 2.04 bits per heavy atom. The van der Waals surface area contributed by atoms with Gasteiger partial charge < -0.3 is 25.1 Å². The summed E-state index contributed by atoms with van der Waals surface area (Å²) in [5.74, 6) is -0.630. The van der Waals surface area contributed by atoms with Crippen molar-refractivity contribution in [3.05, 3.63) is 78.0 Å². The maximum Gasteiger partial charge on any atom is 0.490 e. The van der Waals surface area contributed by atoms with Gasteiger partial charge in [-0.1, -0.05) is 24.3 Å². The molecule has 5 aromatic rings. The van der Waals surface area contributed by atoms with Crippen molar-refractivity contribution >= 4 is 39.5 Å². The molecule has 0 radical (unpaired) electrons. The molecule has 0 amide bonds. The van der Waals surface area contributed by atoms with Crippen LogP contribution in [0.3, 0.4) is 0 Å². The normalized spacial score (nSPS) is 18.3. The van der Waals surface area contributed by atoms with E-state index in [1.165, 1.54) is 0 Å². The number of H-pyrrole nitrogens is 1. The Balaban J connectivity index is 0.000000460. The minimum Gasteiger partial charge on any atom is -0.475 e. The van der Waals surface area contributed by atoms with Crippen LogP contribution < -0.4 is 10.6 Å². The van der Waals surface area contributed by atoms with Gasteiger partial charge in [0.1, 0.15) is 35.4 Å². The molecular formula is C31H25F5N6O3. The molecule has 0 saturated heterocycles. The maximum atomic E-state index is 13.4. The molecule has 2 aliphatic heterocycles. The zero-order valence-corrected chi connectivity index (χ0v) is 23.3. The van der Waals surface area contributed by atoms with Crippen molar-refractivity contribution in [1.82, 2.24) is 20.6 Å². The van der Waals surface area contributed by atoms with Gasteiger partial charge in [0, 0.05) is 52.3 Å². The summed E-state index contributed by atoms with van der Waals surface area (Å²) < 4.78 is 64.8. The van der Waals surface area contributed by atoms with E-state index in [-0.39, 0.29) is 26.2 Å². The summed E-state index contributed by atoms with van der Waals surface area (Å²) in [6.07, 6.45) is -5.21. The number of furan rings is 1. The second-order valence-corrected chi connectivity index (χ2v) is 10.4. The van der Waals surface area contributed by atoms with Crippen LogP contribution >= 0.6 is 0 Å². The molecule has 2 aliphatic rings. The number of fused-ring (bicyclic) bond motifs is 2. The van der Waals surface area contributed by atoms with Gasteiger partial charge in [-0.05, 0) is 36.4 Å². The largest absolute Gasteiger partial charge is 0.490 e. The SMILES string of the molecule is FC1CN=C(c2ccc3cc(-c4cc(-c5cc6ccc(C7=NCC(F)CN7)cc6o5)ccn4)[nH]c3c2)NC1.O=C(O)C(F)(F)F. The Bertz CT molecular complexity index is 1820. The van der Waals surface area contributed by atoms with Crippen LogP contribution in [0.4, 0.5) is 22.0 Å². The Morgan fingerprint density at radius 2 is 1.44 bits per heavy atom. The van der Waals surface area contributed by atoms with Gasteiger partial charge in [0.15, 0.2) is 0 Å². The highest BCUT2D eigenvalue weighted by Gasteiger charge is 2.38. The first kappa shape index (κ1) is 29.8. The van der Waals surface area contributed by atoms with Gasteiger partial charge in [-0.25, -0.2) is 13.6 Å². The number of benzene rings is 2. The molecule has 0 aliphatic carbocycles. The van der Waals surface area contributed by atoms with Crippen LogP contribution in [0, 0.1) is 0 Å². The Kier molecular flexibility index (Phi) is 7.96. The fraction of sp³-hybridized carbons (Fsp3) is 0.226. The van der Waals surface area contributed by atoms with E-state index < -0.39 is 24.5 Å². The molecule has 14 heteroatoms. The number of aliphatic carboxylic acids is 1. The number of halogens is 5. The quantitative estimate of drug-likeness (QED) is 0.191. The number of amidine groups is 2. The standard InChI is InChI=1S/C29H24F2N6O.C2HF3O2/c30-21-12-33-28(34-13-21)19-3-1-16-7-25(37-23(16)9-19)24-8-18(5-6-32-24)26-10-17-2-4-20(11-27(17)38-26)29-35-14-22(31)15-36-29;3-2(4,5)1(6)7/h1-11,21-22,37H,12-15H2,(H,33,34)(H,35,36);(H,6,7). The van der Waals surface area contributed by atoms with Crippen LogP contribution in [0.25, 0.3) is 44.6 Å². The highest BCUT2D eigenvalue weighted by atomic mass is 19.4. The molecular weight excluding hydrogens is 599 g/mol. The van der Waals surface area contributed by atoms with Crippen molar-refractivity contribution in [1.29, 1.82) is 0 Å². The number of nitrogens with one attached hydrogen (secondary N) is 3. The van der Waals surface area contributed by atoms with Crippen molar-refractivity contribution in [2.75, 3.05) is 26.2 Å². The summed E-state index contributed by atoms with van der Waals surface area (Å²) in [4.78, 5) is 25.6. The number of carboxylic acids is 1. The summed E-state index contributed by atoms with van der Waals surface area (Å²) in [6.45, 7) is 0.892. The van der Waals surface area contributed by atoms with E-state index in [0.29, 0.717) is 11.7 Å². The Hall–Kier alpha value is -5.27. The molecule has 45 heavy (non-hydrogen) atoms. The van der Waals surface area contributed by atoms with E-state index in [2.05, 4.69) is 36.7 Å². The number of rotatable bonds is 4. The summed E-state index contributed by atoms with van der Waals surface area (Å²) in [5, 5.41) is 15.2. The van der Waals surface area contributed by atoms with Crippen LogP contribution in [-0.2, 0) is 4.79 Å². The smallest absolute Gasteiger partial charge is 0.475 e. The molecule has 0 fully saturated rings. The molecule has 5 heterocycles. The fourth-order valence-corrected chi connectivity index (χ4v) is 4.89. The first-order valence-corrected chi connectivity index (χ1v) is 13.8. The lowest BCUT2D eigenvalue weighted by Crippen LogP contribution is -2.37. The first-order valence-electron chi connectivity index (χ1n) is 13.8. The summed E-state index contributed by atoms with van der Waals surface area (Å²) in [5.41, 5.74) is 6.05.